The Morgan fingerprint density at radius 3 is 2.56 bits per heavy atom. The van der Waals surface area contributed by atoms with E-state index < -0.39 is 0 Å². The normalized spacial score (nSPS) is 10.0. The Morgan fingerprint density at radius 2 is 2.00 bits per heavy atom. The van der Waals surface area contributed by atoms with Gasteiger partial charge in [-0.05, 0) is 0 Å². The molecule has 0 aromatic carbocycles. The molecule has 0 heterocycles. The zero-order valence-electron chi connectivity index (χ0n) is 6.44. The molecule has 0 aromatic heterocycles. The van der Waals surface area contributed by atoms with Crippen molar-refractivity contribution in [1.29, 1.82) is 0 Å². The van der Waals surface area contributed by atoms with Crippen LogP contribution >= 0.6 is 0 Å². The first-order valence-electron chi connectivity index (χ1n) is 3.76. The van der Waals surface area contributed by atoms with Gasteiger partial charge >= 0.3 is 68.8 Å². The van der Waals surface area contributed by atoms with Crippen LogP contribution in [0.15, 0.2) is 0 Å². The van der Waals surface area contributed by atoms with Crippen molar-refractivity contribution in [3.63, 3.8) is 0 Å². The van der Waals surface area contributed by atoms with Gasteiger partial charge in [0.15, 0.2) is 0 Å². The Morgan fingerprint density at radius 1 is 1.22 bits per heavy atom. The average Bonchev–Trinajstić information content (AvgIpc) is 1.89. The van der Waals surface area contributed by atoms with Crippen LogP contribution in [0.5, 0.6) is 0 Å². The molecule has 0 rings (SSSR count). The van der Waals surface area contributed by atoms with Crippen molar-refractivity contribution in [3.05, 3.63) is 0 Å². The van der Waals surface area contributed by atoms with E-state index in [0.29, 0.717) is 0 Å². The van der Waals surface area contributed by atoms with E-state index in [-0.39, 0.29) is 21.6 Å². The van der Waals surface area contributed by atoms with Gasteiger partial charge in [-0.2, -0.15) is 0 Å². The van der Waals surface area contributed by atoms with E-state index in [2.05, 4.69) is 13.8 Å². The van der Waals surface area contributed by atoms with Crippen LogP contribution in [0.4, 0.5) is 0 Å². The van der Waals surface area contributed by atoms with Gasteiger partial charge in [0.25, 0.3) is 0 Å². The van der Waals surface area contributed by atoms with E-state index >= 15 is 0 Å². The molecule has 0 aliphatic carbocycles. The van der Waals surface area contributed by atoms with Gasteiger partial charge < -0.3 is 0 Å². The molecule has 0 aliphatic rings. The van der Waals surface area contributed by atoms with Gasteiger partial charge in [-0.3, -0.25) is 0 Å². The molecule has 2 heteroatoms. The third-order valence-corrected chi connectivity index (χ3v) is 4.13. The van der Waals surface area contributed by atoms with E-state index in [1.54, 1.807) is 0 Å². The Labute approximate surface area is 68.9 Å². The van der Waals surface area contributed by atoms with Crippen molar-refractivity contribution >= 4 is 21.6 Å². The molecular formula is C7H16OSn. The molecule has 0 unspecified atom stereocenters. The molecule has 0 saturated carbocycles. The Balaban J connectivity index is 2.60. The molecule has 0 bridgehead atoms. The summed E-state index contributed by atoms with van der Waals surface area (Å²) in [6.45, 7) is 5.27. The second-order valence-electron chi connectivity index (χ2n) is 2.03. The Bertz CT molecular complexity index is 42.2. The predicted molar refractivity (Wildman–Crippen MR) is 41.7 cm³/mol. The summed E-state index contributed by atoms with van der Waals surface area (Å²) in [6.07, 6.45) is 4.14. The maximum atomic E-state index is 5.35. The number of unbranched alkanes of at least 4 members (excludes halogenated alkanes) is 2. The monoisotopic (exact) mass is 236 g/mol. The van der Waals surface area contributed by atoms with Gasteiger partial charge in [-0.25, -0.2) is 0 Å². The van der Waals surface area contributed by atoms with Crippen LogP contribution in [0, 0.1) is 0 Å². The summed E-state index contributed by atoms with van der Waals surface area (Å²) in [4.78, 5) is 0. The van der Waals surface area contributed by atoms with Crippen molar-refractivity contribution in [2.24, 2.45) is 0 Å². The zero-order valence-corrected chi connectivity index (χ0v) is 9.30. The molecule has 54 valence electrons. The molecule has 0 amide bonds. The van der Waals surface area contributed by atoms with Crippen molar-refractivity contribution in [2.75, 3.05) is 6.61 Å². The quantitative estimate of drug-likeness (QED) is 0.506. The van der Waals surface area contributed by atoms with Gasteiger partial charge in [0.05, 0.1) is 0 Å². The minimum absolute atomic E-state index is 0.347. The molecule has 0 aliphatic heterocycles. The number of rotatable bonds is 6. The van der Waals surface area contributed by atoms with Gasteiger partial charge in [0.1, 0.15) is 0 Å². The Kier molecular flexibility index (Phi) is 9.50. The van der Waals surface area contributed by atoms with Crippen molar-refractivity contribution in [3.8, 4) is 0 Å². The molecule has 0 atom stereocenters. The molecule has 2 radical (unpaired) electrons. The SMILES string of the molecule is CCCC[CH2][Sn][O]CC. The van der Waals surface area contributed by atoms with E-state index in [1.807, 2.05) is 0 Å². The first-order valence-corrected chi connectivity index (χ1v) is 6.94. The van der Waals surface area contributed by atoms with E-state index in [9.17, 15) is 0 Å². The third kappa shape index (κ3) is 8.76. The maximum absolute atomic E-state index is 5.35. The van der Waals surface area contributed by atoms with Gasteiger partial charge in [0, 0.05) is 0 Å². The fraction of sp³-hybridized carbons (Fsp3) is 1.00. The summed E-state index contributed by atoms with van der Waals surface area (Å²) in [5.41, 5.74) is 0. The van der Waals surface area contributed by atoms with E-state index in [0.717, 1.165) is 6.61 Å². The van der Waals surface area contributed by atoms with Crippen molar-refractivity contribution < 1.29 is 3.07 Å². The standard InChI is InChI=1S/C5H11.C2H5O.Sn/c1-3-5-4-2;1-2-3;/h1,3-5H2,2H3;2H2,1H3;/q;-1;+1. The van der Waals surface area contributed by atoms with Gasteiger partial charge in [0.2, 0.25) is 0 Å². The third-order valence-electron chi connectivity index (χ3n) is 1.13. The predicted octanol–water partition coefficient (Wildman–Crippen LogP) is 2.25. The summed E-state index contributed by atoms with van der Waals surface area (Å²) in [5.74, 6) is 0. The van der Waals surface area contributed by atoms with Crippen molar-refractivity contribution in [2.45, 2.75) is 37.5 Å². The number of hydrogen-bond donors (Lipinski definition) is 0. The van der Waals surface area contributed by atoms with Crippen LogP contribution in [0.1, 0.15) is 33.1 Å². The van der Waals surface area contributed by atoms with Crippen LogP contribution in [0.2, 0.25) is 4.44 Å². The molecule has 0 saturated heterocycles. The zero-order chi connectivity index (χ0) is 6.95. The first kappa shape index (κ1) is 9.76. The fourth-order valence-electron chi connectivity index (χ4n) is 0.621. The van der Waals surface area contributed by atoms with Crippen LogP contribution in [0.3, 0.4) is 0 Å². The van der Waals surface area contributed by atoms with Gasteiger partial charge in [-0.1, -0.05) is 0 Å². The average molecular weight is 235 g/mol. The van der Waals surface area contributed by atoms with E-state index in [4.69, 9.17) is 3.07 Å². The molecule has 9 heavy (non-hydrogen) atoms. The fourth-order valence-corrected chi connectivity index (χ4v) is 2.74. The van der Waals surface area contributed by atoms with Crippen LogP contribution in [0.25, 0.3) is 0 Å². The topological polar surface area (TPSA) is 9.23 Å². The summed E-state index contributed by atoms with van der Waals surface area (Å²) >= 11 is -0.347. The summed E-state index contributed by atoms with van der Waals surface area (Å²) < 4.78 is 6.76. The Hall–Kier alpha value is 0.759. The molecule has 0 N–H and O–H groups in total. The molecule has 0 fully saturated rings. The van der Waals surface area contributed by atoms with Crippen LogP contribution < -0.4 is 0 Å². The molecule has 0 spiro atoms. The molecule has 1 nitrogen and oxygen atoms in total. The second kappa shape index (κ2) is 8.76. The summed E-state index contributed by atoms with van der Waals surface area (Å²) in [6, 6.07) is 0. The van der Waals surface area contributed by atoms with Crippen molar-refractivity contribution in [1.82, 2.24) is 0 Å². The van der Waals surface area contributed by atoms with Crippen LogP contribution in [-0.2, 0) is 3.07 Å². The van der Waals surface area contributed by atoms with Crippen LogP contribution in [-0.4, -0.2) is 28.2 Å². The number of hydrogen-bond acceptors (Lipinski definition) is 1. The minimum atomic E-state index is -0.347. The molecule has 0 aromatic rings. The van der Waals surface area contributed by atoms with Gasteiger partial charge in [-0.15, -0.1) is 0 Å². The van der Waals surface area contributed by atoms with E-state index in [1.165, 1.54) is 23.7 Å². The summed E-state index contributed by atoms with van der Waals surface area (Å²) in [7, 11) is 0. The first-order chi connectivity index (χ1) is 4.41. The second-order valence-corrected chi connectivity index (χ2v) is 5.11. The molecular weight excluding hydrogens is 219 g/mol. The summed E-state index contributed by atoms with van der Waals surface area (Å²) in [5, 5.41) is 0.